The van der Waals surface area contributed by atoms with Gasteiger partial charge in [-0.3, -0.25) is 24.4 Å². The van der Waals surface area contributed by atoms with E-state index in [1.54, 1.807) is 29.6 Å². The molecule has 3 unspecified atom stereocenters. The highest BCUT2D eigenvalue weighted by Crippen LogP contribution is 2.28. The van der Waals surface area contributed by atoms with Crippen LogP contribution in [0.25, 0.3) is 11.1 Å². The number of carbonyl (C=O) groups is 3. The van der Waals surface area contributed by atoms with Crippen molar-refractivity contribution in [3.05, 3.63) is 84.4 Å². The highest BCUT2D eigenvalue weighted by atomic mass is 16.5. The van der Waals surface area contributed by atoms with E-state index in [1.165, 1.54) is 6.20 Å². The fourth-order valence-electron chi connectivity index (χ4n) is 4.68. The van der Waals surface area contributed by atoms with E-state index in [2.05, 4.69) is 15.3 Å². The van der Waals surface area contributed by atoms with Crippen LogP contribution >= 0.6 is 0 Å². The molecule has 2 aromatic heterocycles. The standard InChI is InChI=1S/C26H24N4O4/c31-22-16-34-23-9-13-30(24(22)23)26(33)21(14-17-6-10-27-11-7-17)29-25(32)20-15-28-12-8-19(20)18-4-2-1-3-5-18/h1-8,10-12,15,21,23-24H,9,13-14,16H2,(H,29,32). The van der Waals surface area contributed by atoms with Crippen molar-refractivity contribution >= 4 is 17.6 Å². The van der Waals surface area contributed by atoms with Crippen LogP contribution < -0.4 is 5.32 Å². The summed E-state index contributed by atoms with van der Waals surface area (Å²) in [5, 5.41) is 2.92. The van der Waals surface area contributed by atoms with Crippen LogP contribution in [0.4, 0.5) is 0 Å². The van der Waals surface area contributed by atoms with Gasteiger partial charge in [0, 0.05) is 37.8 Å². The molecule has 3 atom stereocenters. The van der Waals surface area contributed by atoms with Gasteiger partial charge >= 0.3 is 0 Å². The highest BCUT2D eigenvalue weighted by Gasteiger charge is 2.48. The first-order valence-electron chi connectivity index (χ1n) is 11.3. The minimum Gasteiger partial charge on any atom is -0.368 e. The van der Waals surface area contributed by atoms with Gasteiger partial charge in [-0.25, -0.2) is 0 Å². The molecule has 2 aliphatic rings. The van der Waals surface area contributed by atoms with Gasteiger partial charge in [-0.1, -0.05) is 30.3 Å². The number of Topliss-reactive ketones (excluding diaryl/α,β-unsaturated/α-hetero) is 1. The van der Waals surface area contributed by atoms with Gasteiger partial charge in [-0.05, 0) is 41.3 Å². The number of likely N-dealkylation sites (tertiary alicyclic amines) is 1. The molecule has 34 heavy (non-hydrogen) atoms. The van der Waals surface area contributed by atoms with Crippen molar-refractivity contribution in [2.75, 3.05) is 13.2 Å². The second-order valence-electron chi connectivity index (χ2n) is 8.45. The average Bonchev–Trinajstić information content (AvgIpc) is 3.47. The van der Waals surface area contributed by atoms with Gasteiger partial charge in [-0.2, -0.15) is 0 Å². The number of ketones is 1. The number of aromatic nitrogens is 2. The largest absolute Gasteiger partial charge is 0.368 e. The van der Waals surface area contributed by atoms with Gasteiger partial charge in [0.15, 0.2) is 5.78 Å². The lowest BCUT2D eigenvalue weighted by molar-refractivity contribution is -0.138. The van der Waals surface area contributed by atoms with E-state index in [0.29, 0.717) is 18.5 Å². The summed E-state index contributed by atoms with van der Waals surface area (Å²) in [6.07, 6.45) is 7.05. The number of pyridine rings is 2. The lowest BCUT2D eigenvalue weighted by Gasteiger charge is -2.28. The summed E-state index contributed by atoms with van der Waals surface area (Å²) in [7, 11) is 0. The Hall–Kier alpha value is -3.91. The number of benzene rings is 1. The van der Waals surface area contributed by atoms with Crippen LogP contribution in [-0.4, -0.2) is 63.8 Å². The summed E-state index contributed by atoms with van der Waals surface area (Å²) in [5.74, 6) is -0.783. The Morgan fingerprint density at radius 1 is 1.06 bits per heavy atom. The molecule has 1 aromatic carbocycles. The first-order valence-corrected chi connectivity index (χ1v) is 11.3. The normalized spacial score (nSPS) is 20.1. The van der Waals surface area contributed by atoms with Gasteiger partial charge in [0.2, 0.25) is 5.91 Å². The third-order valence-corrected chi connectivity index (χ3v) is 6.34. The number of nitrogens with zero attached hydrogens (tertiary/aromatic N) is 3. The van der Waals surface area contributed by atoms with Crippen LogP contribution in [-0.2, 0) is 20.7 Å². The quantitative estimate of drug-likeness (QED) is 0.609. The maximum Gasteiger partial charge on any atom is 0.254 e. The Kier molecular flexibility index (Phi) is 6.14. The topological polar surface area (TPSA) is 101 Å². The zero-order valence-corrected chi connectivity index (χ0v) is 18.5. The zero-order valence-electron chi connectivity index (χ0n) is 18.5. The molecule has 2 amide bonds. The first-order chi connectivity index (χ1) is 16.6. The molecule has 172 valence electrons. The first kappa shape index (κ1) is 21.9. The van der Waals surface area contributed by atoms with Gasteiger partial charge in [0.25, 0.3) is 5.91 Å². The molecule has 2 aliphatic heterocycles. The molecule has 5 rings (SSSR count). The summed E-state index contributed by atoms with van der Waals surface area (Å²) in [6, 6.07) is 13.5. The number of amides is 2. The maximum atomic E-state index is 13.6. The van der Waals surface area contributed by atoms with Crippen molar-refractivity contribution < 1.29 is 19.1 Å². The second-order valence-corrected chi connectivity index (χ2v) is 8.45. The van der Waals surface area contributed by atoms with Crippen molar-refractivity contribution in [1.29, 1.82) is 0 Å². The van der Waals surface area contributed by atoms with Crippen molar-refractivity contribution in [1.82, 2.24) is 20.2 Å². The van der Waals surface area contributed by atoms with Crippen LogP contribution in [0.2, 0.25) is 0 Å². The van der Waals surface area contributed by atoms with Crippen LogP contribution in [0.3, 0.4) is 0 Å². The number of hydrogen-bond donors (Lipinski definition) is 1. The van der Waals surface area contributed by atoms with E-state index >= 15 is 0 Å². The molecule has 4 heterocycles. The Bertz CT molecular complexity index is 1200. The summed E-state index contributed by atoms with van der Waals surface area (Å²) in [5.41, 5.74) is 2.83. The Morgan fingerprint density at radius 2 is 1.82 bits per heavy atom. The molecule has 0 aliphatic carbocycles. The molecule has 1 N–H and O–H groups in total. The van der Waals surface area contributed by atoms with Crippen LogP contribution in [0.5, 0.6) is 0 Å². The molecule has 2 saturated heterocycles. The van der Waals surface area contributed by atoms with E-state index in [4.69, 9.17) is 4.74 Å². The Morgan fingerprint density at radius 3 is 2.62 bits per heavy atom. The summed E-state index contributed by atoms with van der Waals surface area (Å²) in [6.45, 7) is 0.446. The third kappa shape index (κ3) is 4.32. The lowest BCUT2D eigenvalue weighted by atomic mass is 10.00. The van der Waals surface area contributed by atoms with Crippen molar-refractivity contribution in [2.24, 2.45) is 0 Å². The van der Waals surface area contributed by atoms with E-state index in [1.807, 2.05) is 42.5 Å². The van der Waals surface area contributed by atoms with Crippen LogP contribution in [0.1, 0.15) is 22.3 Å². The number of hydrogen-bond acceptors (Lipinski definition) is 6. The van der Waals surface area contributed by atoms with Gasteiger partial charge < -0.3 is 15.0 Å². The molecular formula is C26H24N4O4. The van der Waals surface area contributed by atoms with E-state index < -0.39 is 18.0 Å². The molecule has 2 fully saturated rings. The van der Waals surface area contributed by atoms with Crippen molar-refractivity contribution in [2.45, 2.75) is 31.0 Å². The summed E-state index contributed by atoms with van der Waals surface area (Å²) in [4.78, 5) is 49.2. The minimum absolute atomic E-state index is 0.0244. The van der Waals surface area contributed by atoms with E-state index in [-0.39, 0.29) is 30.8 Å². The van der Waals surface area contributed by atoms with E-state index in [9.17, 15) is 14.4 Å². The molecule has 3 aromatic rings. The molecular weight excluding hydrogens is 432 g/mol. The maximum absolute atomic E-state index is 13.6. The van der Waals surface area contributed by atoms with Crippen molar-refractivity contribution in [3.63, 3.8) is 0 Å². The summed E-state index contributed by atoms with van der Waals surface area (Å²) >= 11 is 0. The average molecular weight is 457 g/mol. The molecule has 8 nitrogen and oxygen atoms in total. The fraction of sp³-hybridized carbons (Fsp3) is 0.269. The molecule has 0 radical (unpaired) electrons. The van der Waals surface area contributed by atoms with Gasteiger partial charge in [0.1, 0.15) is 18.7 Å². The number of nitrogens with one attached hydrogen (secondary N) is 1. The Balaban J connectivity index is 1.43. The SMILES string of the molecule is O=C(NC(Cc1ccncc1)C(=O)N1CCC2OCC(=O)C21)c1cnccc1-c1ccccc1. The zero-order chi connectivity index (χ0) is 23.5. The smallest absolute Gasteiger partial charge is 0.254 e. The molecule has 0 spiro atoms. The monoisotopic (exact) mass is 456 g/mol. The van der Waals surface area contributed by atoms with Crippen molar-refractivity contribution in [3.8, 4) is 11.1 Å². The van der Waals surface area contributed by atoms with E-state index in [0.717, 1.165) is 16.7 Å². The predicted molar refractivity (Wildman–Crippen MR) is 124 cm³/mol. The summed E-state index contributed by atoms with van der Waals surface area (Å²) < 4.78 is 5.54. The predicted octanol–water partition coefficient (Wildman–Crippen LogP) is 2.05. The number of ether oxygens (including phenoxy) is 1. The second kappa shape index (κ2) is 9.52. The molecule has 8 heteroatoms. The Labute approximate surface area is 197 Å². The number of rotatable bonds is 6. The fourth-order valence-corrected chi connectivity index (χ4v) is 4.68. The highest BCUT2D eigenvalue weighted by molar-refractivity contribution is 6.03. The molecule has 0 bridgehead atoms. The number of fused-ring (bicyclic) bond motifs is 1. The van der Waals surface area contributed by atoms with Crippen LogP contribution in [0, 0.1) is 0 Å². The van der Waals surface area contributed by atoms with Gasteiger partial charge in [0.05, 0.1) is 11.7 Å². The molecule has 0 saturated carbocycles. The van der Waals surface area contributed by atoms with Gasteiger partial charge in [-0.15, -0.1) is 0 Å². The lowest BCUT2D eigenvalue weighted by Crippen LogP contribution is -2.53. The third-order valence-electron chi connectivity index (χ3n) is 6.34. The number of carbonyl (C=O) groups excluding carboxylic acids is 3. The van der Waals surface area contributed by atoms with Crippen LogP contribution in [0.15, 0.2) is 73.3 Å². The minimum atomic E-state index is -0.856.